The Bertz CT molecular complexity index is 433. The molecule has 0 amide bonds. The number of halogens is 1. The van der Waals surface area contributed by atoms with Gasteiger partial charge in [0.2, 0.25) is 0 Å². The second-order valence-corrected chi connectivity index (χ2v) is 5.17. The topological polar surface area (TPSA) is 66.8 Å². The molecule has 0 aromatic heterocycles. The second kappa shape index (κ2) is 6.20. The van der Waals surface area contributed by atoms with Gasteiger partial charge in [0.25, 0.3) is 0 Å². The fraction of sp³-hybridized carbons (Fsp3) is 0.462. The van der Waals surface area contributed by atoms with Gasteiger partial charge in [0.1, 0.15) is 5.75 Å². The third-order valence-electron chi connectivity index (χ3n) is 3.20. The standard InChI is InChI=1S/C13H17BrO4/c1-7(8(2)13(16)17)12(15)10-6-9(18-3)4-5-11(10)14/h4-8,12,15H,1-3H3,(H,16,17). The van der Waals surface area contributed by atoms with Gasteiger partial charge in [-0.25, -0.2) is 0 Å². The number of hydrogen-bond donors (Lipinski definition) is 2. The van der Waals surface area contributed by atoms with Gasteiger partial charge in [0.15, 0.2) is 0 Å². The number of aliphatic hydroxyl groups is 1. The summed E-state index contributed by atoms with van der Waals surface area (Å²) in [6, 6.07) is 5.25. The SMILES string of the molecule is COc1ccc(Br)c(C(O)C(C)C(C)C(=O)O)c1. The average molecular weight is 317 g/mol. The minimum atomic E-state index is -0.916. The van der Waals surface area contributed by atoms with Crippen LogP contribution >= 0.6 is 15.9 Å². The molecule has 0 spiro atoms. The van der Waals surface area contributed by atoms with E-state index in [-0.39, 0.29) is 0 Å². The lowest BCUT2D eigenvalue weighted by atomic mass is 9.87. The summed E-state index contributed by atoms with van der Waals surface area (Å²) in [5.74, 6) is -1.31. The van der Waals surface area contributed by atoms with E-state index < -0.39 is 23.9 Å². The van der Waals surface area contributed by atoms with Gasteiger partial charge in [-0.1, -0.05) is 29.8 Å². The van der Waals surface area contributed by atoms with Crippen LogP contribution in [-0.4, -0.2) is 23.3 Å². The lowest BCUT2D eigenvalue weighted by Crippen LogP contribution is -2.24. The highest BCUT2D eigenvalue weighted by atomic mass is 79.9. The molecule has 5 heteroatoms. The first-order valence-corrected chi connectivity index (χ1v) is 6.42. The Morgan fingerprint density at radius 1 is 1.39 bits per heavy atom. The minimum Gasteiger partial charge on any atom is -0.497 e. The van der Waals surface area contributed by atoms with Crippen LogP contribution in [0, 0.1) is 11.8 Å². The van der Waals surface area contributed by atoms with Crippen LogP contribution in [0.5, 0.6) is 5.75 Å². The Morgan fingerprint density at radius 2 is 2.00 bits per heavy atom. The van der Waals surface area contributed by atoms with Crippen molar-refractivity contribution < 1.29 is 19.7 Å². The van der Waals surface area contributed by atoms with E-state index in [9.17, 15) is 9.90 Å². The summed E-state index contributed by atoms with van der Waals surface area (Å²) >= 11 is 3.35. The normalized spacial score (nSPS) is 15.8. The molecule has 100 valence electrons. The largest absolute Gasteiger partial charge is 0.497 e. The van der Waals surface area contributed by atoms with Gasteiger partial charge in [-0.15, -0.1) is 0 Å². The van der Waals surface area contributed by atoms with E-state index in [1.165, 1.54) is 0 Å². The zero-order chi connectivity index (χ0) is 13.9. The molecule has 18 heavy (non-hydrogen) atoms. The summed E-state index contributed by atoms with van der Waals surface area (Å²) in [6.45, 7) is 3.31. The Hall–Kier alpha value is -1.07. The van der Waals surface area contributed by atoms with Crippen molar-refractivity contribution in [3.63, 3.8) is 0 Å². The number of aliphatic hydroxyl groups excluding tert-OH is 1. The molecular formula is C13H17BrO4. The summed E-state index contributed by atoms with van der Waals surface area (Å²) in [5.41, 5.74) is 0.634. The zero-order valence-electron chi connectivity index (χ0n) is 10.6. The number of hydrogen-bond acceptors (Lipinski definition) is 3. The smallest absolute Gasteiger partial charge is 0.306 e. The Balaban J connectivity index is 3.02. The number of carbonyl (C=O) groups is 1. The predicted octanol–water partition coefficient (Wildman–Crippen LogP) is 2.85. The van der Waals surface area contributed by atoms with Crippen molar-refractivity contribution in [1.29, 1.82) is 0 Å². The van der Waals surface area contributed by atoms with E-state index in [0.717, 1.165) is 4.47 Å². The molecule has 0 saturated heterocycles. The molecule has 0 aliphatic heterocycles. The highest BCUT2D eigenvalue weighted by Gasteiger charge is 2.28. The third kappa shape index (κ3) is 3.23. The van der Waals surface area contributed by atoms with Crippen LogP contribution < -0.4 is 4.74 Å². The third-order valence-corrected chi connectivity index (χ3v) is 3.92. The molecule has 0 heterocycles. The summed E-state index contributed by atoms with van der Waals surface area (Å²) in [7, 11) is 1.54. The van der Waals surface area contributed by atoms with Crippen LogP contribution in [0.2, 0.25) is 0 Å². The maximum atomic E-state index is 10.9. The minimum absolute atomic E-state index is 0.397. The van der Waals surface area contributed by atoms with E-state index in [0.29, 0.717) is 11.3 Å². The molecule has 0 saturated carbocycles. The molecule has 0 bridgehead atoms. The average Bonchev–Trinajstić information content (AvgIpc) is 2.36. The van der Waals surface area contributed by atoms with Gasteiger partial charge in [0.05, 0.1) is 19.1 Å². The van der Waals surface area contributed by atoms with Crippen molar-refractivity contribution in [2.75, 3.05) is 7.11 Å². The highest BCUT2D eigenvalue weighted by Crippen LogP contribution is 2.34. The van der Waals surface area contributed by atoms with Crippen LogP contribution in [-0.2, 0) is 4.79 Å². The summed E-state index contributed by atoms with van der Waals surface area (Å²) in [5, 5.41) is 19.2. The van der Waals surface area contributed by atoms with Gasteiger partial charge < -0.3 is 14.9 Å². The van der Waals surface area contributed by atoms with Crippen LogP contribution in [0.4, 0.5) is 0 Å². The lowest BCUT2D eigenvalue weighted by Gasteiger charge is -2.23. The number of methoxy groups -OCH3 is 1. The number of carboxylic acid groups (broad SMARTS) is 1. The number of rotatable bonds is 5. The van der Waals surface area contributed by atoms with Gasteiger partial charge in [-0.05, 0) is 29.7 Å². The van der Waals surface area contributed by atoms with Crippen molar-refractivity contribution >= 4 is 21.9 Å². The Labute approximate surface area is 115 Å². The van der Waals surface area contributed by atoms with E-state index in [4.69, 9.17) is 9.84 Å². The molecule has 2 N–H and O–H groups in total. The molecule has 3 atom stereocenters. The number of carboxylic acids is 1. The number of aliphatic carboxylic acids is 1. The van der Waals surface area contributed by atoms with Crippen LogP contribution in [0.1, 0.15) is 25.5 Å². The molecule has 3 unspecified atom stereocenters. The fourth-order valence-electron chi connectivity index (χ4n) is 1.66. The monoisotopic (exact) mass is 316 g/mol. The molecule has 1 rings (SSSR count). The van der Waals surface area contributed by atoms with Gasteiger partial charge in [0, 0.05) is 4.47 Å². The van der Waals surface area contributed by atoms with Crippen LogP contribution in [0.3, 0.4) is 0 Å². The molecule has 0 fully saturated rings. The van der Waals surface area contributed by atoms with Crippen molar-refractivity contribution in [2.45, 2.75) is 20.0 Å². The first kappa shape index (κ1) is 15.0. The first-order chi connectivity index (χ1) is 8.38. The molecule has 0 radical (unpaired) electrons. The summed E-state index contributed by atoms with van der Waals surface area (Å²) < 4.78 is 5.84. The molecule has 4 nitrogen and oxygen atoms in total. The molecule has 1 aromatic carbocycles. The maximum Gasteiger partial charge on any atom is 0.306 e. The highest BCUT2D eigenvalue weighted by molar-refractivity contribution is 9.10. The zero-order valence-corrected chi connectivity index (χ0v) is 12.1. The van der Waals surface area contributed by atoms with Crippen molar-refractivity contribution in [3.8, 4) is 5.75 Å². The van der Waals surface area contributed by atoms with E-state index in [1.54, 1.807) is 39.2 Å². The lowest BCUT2D eigenvalue weighted by molar-refractivity contribution is -0.144. The molecule has 0 aliphatic carbocycles. The van der Waals surface area contributed by atoms with Gasteiger partial charge in [-0.3, -0.25) is 4.79 Å². The summed E-state index contributed by atoms with van der Waals surface area (Å²) in [6.07, 6.45) is -0.861. The molecule has 0 aliphatic rings. The van der Waals surface area contributed by atoms with E-state index >= 15 is 0 Å². The summed E-state index contributed by atoms with van der Waals surface area (Å²) in [4.78, 5) is 10.9. The number of ether oxygens (including phenoxy) is 1. The molecular weight excluding hydrogens is 300 g/mol. The van der Waals surface area contributed by atoms with Gasteiger partial charge in [-0.2, -0.15) is 0 Å². The van der Waals surface area contributed by atoms with E-state index in [1.807, 2.05) is 0 Å². The first-order valence-electron chi connectivity index (χ1n) is 5.62. The Morgan fingerprint density at radius 3 is 2.50 bits per heavy atom. The van der Waals surface area contributed by atoms with Crippen LogP contribution in [0.25, 0.3) is 0 Å². The second-order valence-electron chi connectivity index (χ2n) is 4.32. The molecule has 1 aromatic rings. The Kier molecular flexibility index (Phi) is 5.16. The van der Waals surface area contributed by atoms with Gasteiger partial charge >= 0.3 is 5.97 Å². The van der Waals surface area contributed by atoms with E-state index in [2.05, 4.69) is 15.9 Å². The van der Waals surface area contributed by atoms with Crippen molar-refractivity contribution in [1.82, 2.24) is 0 Å². The fourth-order valence-corrected chi connectivity index (χ4v) is 2.14. The number of benzene rings is 1. The predicted molar refractivity (Wildman–Crippen MR) is 71.6 cm³/mol. The quantitative estimate of drug-likeness (QED) is 0.876. The van der Waals surface area contributed by atoms with Crippen LogP contribution in [0.15, 0.2) is 22.7 Å². The van der Waals surface area contributed by atoms with Crippen molar-refractivity contribution in [2.24, 2.45) is 11.8 Å². The van der Waals surface area contributed by atoms with Crippen molar-refractivity contribution in [3.05, 3.63) is 28.2 Å². The maximum absolute atomic E-state index is 10.9.